The van der Waals surface area contributed by atoms with Crippen molar-refractivity contribution in [1.29, 1.82) is 0 Å². The Labute approximate surface area is 161 Å². The third-order valence-corrected chi connectivity index (χ3v) is 5.28. The van der Waals surface area contributed by atoms with Gasteiger partial charge in [-0.05, 0) is 30.5 Å². The fourth-order valence-electron chi connectivity index (χ4n) is 2.76. The van der Waals surface area contributed by atoms with Crippen molar-refractivity contribution in [1.82, 2.24) is 5.32 Å². The van der Waals surface area contributed by atoms with E-state index in [4.69, 9.17) is 4.74 Å². The van der Waals surface area contributed by atoms with Gasteiger partial charge in [0, 0.05) is 19.5 Å². The Kier molecular flexibility index (Phi) is 7.67. The van der Waals surface area contributed by atoms with Gasteiger partial charge in [0.2, 0.25) is 15.9 Å². The zero-order valence-electron chi connectivity index (χ0n) is 15.7. The molecule has 1 N–H and O–H groups in total. The Morgan fingerprint density at radius 2 is 1.74 bits per heavy atom. The molecule has 27 heavy (non-hydrogen) atoms. The summed E-state index contributed by atoms with van der Waals surface area (Å²) in [4.78, 5) is 12.0. The number of para-hydroxylation sites is 2. The molecule has 2 rings (SSSR count). The Morgan fingerprint density at radius 3 is 2.41 bits per heavy atom. The summed E-state index contributed by atoms with van der Waals surface area (Å²) in [5.41, 5.74) is 1.64. The number of benzene rings is 2. The highest BCUT2D eigenvalue weighted by molar-refractivity contribution is 7.92. The number of carbonyl (C=O) groups is 1. The summed E-state index contributed by atoms with van der Waals surface area (Å²) in [5.74, 6) is 0.398. The van der Waals surface area contributed by atoms with Crippen LogP contribution in [0.25, 0.3) is 0 Å². The molecule has 6 nitrogen and oxygen atoms in total. The highest BCUT2D eigenvalue weighted by atomic mass is 32.2. The number of rotatable bonds is 10. The number of nitrogens with one attached hydrogen (secondary N) is 1. The third-order valence-electron chi connectivity index (χ3n) is 4.10. The van der Waals surface area contributed by atoms with Gasteiger partial charge in [0.25, 0.3) is 0 Å². The van der Waals surface area contributed by atoms with Gasteiger partial charge in [-0.15, -0.1) is 0 Å². The van der Waals surface area contributed by atoms with Crippen LogP contribution in [0.3, 0.4) is 0 Å². The van der Waals surface area contributed by atoms with E-state index in [1.165, 1.54) is 11.4 Å². The normalized spacial score (nSPS) is 11.0. The molecule has 0 aliphatic heterocycles. The van der Waals surface area contributed by atoms with Crippen LogP contribution in [0.4, 0.5) is 5.69 Å². The van der Waals surface area contributed by atoms with Gasteiger partial charge in [-0.1, -0.05) is 42.5 Å². The van der Waals surface area contributed by atoms with Gasteiger partial charge >= 0.3 is 0 Å². The number of nitrogens with zero attached hydrogens (tertiary/aromatic N) is 1. The summed E-state index contributed by atoms with van der Waals surface area (Å²) in [6, 6.07) is 16.9. The number of methoxy groups -OCH3 is 1. The zero-order chi connectivity index (χ0) is 19.7. The van der Waals surface area contributed by atoms with Crippen LogP contribution in [-0.2, 0) is 21.2 Å². The van der Waals surface area contributed by atoms with E-state index in [0.717, 1.165) is 18.2 Å². The molecule has 0 radical (unpaired) electrons. The predicted molar refractivity (Wildman–Crippen MR) is 108 cm³/mol. The Hall–Kier alpha value is -2.54. The summed E-state index contributed by atoms with van der Waals surface area (Å²) in [7, 11) is -1.98. The average Bonchev–Trinajstić information content (AvgIpc) is 2.65. The smallest absolute Gasteiger partial charge is 0.232 e. The van der Waals surface area contributed by atoms with Crippen LogP contribution in [0.2, 0.25) is 0 Å². The van der Waals surface area contributed by atoms with Crippen LogP contribution in [0.5, 0.6) is 5.75 Å². The number of hydrogen-bond acceptors (Lipinski definition) is 4. The Morgan fingerprint density at radius 1 is 1.07 bits per heavy atom. The van der Waals surface area contributed by atoms with Crippen molar-refractivity contribution in [3.63, 3.8) is 0 Å². The van der Waals surface area contributed by atoms with Crippen molar-refractivity contribution in [3.05, 3.63) is 60.2 Å². The molecule has 0 heterocycles. The zero-order valence-corrected chi connectivity index (χ0v) is 16.5. The molecule has 0 saturated heterocycles. The molecular formula is C20H26N2O4S. The van der Waals surface area contributed by atoms with E-state index in [9.17, 15) is 13.2 Å². The van der Waals surface area contributed by atoms with Crippen LogP contribution in [0, 0.1) is 0 Å². The molecule has 2 aromatic carbocycles. The summed E-state index contributed by atoms with van der Waals surface area (Å²) in [6.07, 6.45) is 2.60. The molecule has 2 aromatic rings. The fourth-order valence-corrected chi connectivity index (χ4v) is 3.73. The highest BCUT2D eigenvalue weighted by Crippen LogP contribution is 2.29. The van der Waals surface area contributed by atoms with Crippen molar-refractivity contribution in [3.8, 4) is 5.75 Å². The van der Waals surface area contributed by atoms with Crippen molar-refractivity contribution in [2.24, 2.45) is 0 Å². The number of amides is 1. The maximum Gasteiger partial charge on any atom is 0.232 e. The van der Waals surface area contributed by atoms with E-state index in [2.05, 4.69) is 5.32 Å². The number of anilines is 1. The van der Waals surface area contributed by atoms with Gasteiger partial charge in [0.05, 0.1) is 19.1 Å². The van der Waals surface area contributed by atoms with E-state index in [-0.39, 0.29) is 18.9 Å². The lowest BCUT2D eigenvalue weighted by Crippen LogP contribution is -2.32. The molecule has 0 saturated carbocycles. The minimum atomic E-state index is -3.48. The van der Waals surface area contributed by atoms with Crippen LogP contribution >= 0.6 is 0 Å². The van der Waals surface area contributed by atoms with Crippen LogP contribution in [-0.4, -0.2) is 40.8 Å². The van der Waals surface area contributed by atoms with Gasteiger partial charge < -0.3 is 10.1 Å². The minimum Gasteiger partial charge on any atom is -0.495 e. The SMILES string of the molecule is COc1ccccc1N(CCCC(=O)NCCc1ccccc1)S(C)(=O)=O. The maximum absolute atomic E-state index is 12.2. The maximum atomic E-state index is 12.2. The molecule has 7 heteroatoms. The molecule has 0 atom stereocenters. The summed E-state index contributed by atoms with van der Waals surface area (Å²) >= 11 is 0. The predicted octanol–water partition coefficient (Wildman–Crippen LogP) is 2.60. The van der Waals surface area contributed by atoms with Crippen LogP contribution in [0.15, 0.2) is 54.6 Å². The van der Waals surface area contributed by atoms with Gasteiger partial charge in [-0.3, -0.25) is 9.10 Å². The number of hydrogen-bond donors (Lipinski definition) is 1. The first-order chi connectivity index (χ1) is 12.9. The molecule has 0 spiro atoms. The molecule has 0 unspecified atom stereocenters. The van der Waals surface area contributed by atoms with Crippen LogP contribution in [0.1, 0.15) is 18.4 Å². The number of carbonyl (C=O) groups excluding carboxylic acids is 1. The second-order valence-corrected chi connectivity index (χ2v) is 8.10. The second kappa shape index (κ2) is 9.97. The van der Waals surface area contributed by atoms with Gasteiger partial charge in [0.1, 0.15) is 5.75 Å². The number of ether oxygens (including phenoxy) is 1. The first-order valence-electron chi connectivity index (χ1n) is 8.83. The van der Waals surface area contributed by atoms with E-state index in [1.54, 1.807) is 24.3 Å². The van der Waals surface area contributed by atoms with Gasteiger partial charge in [-0.25, -0.2) is 8.42 Å². The molecule has 0 aliphatic carbocycles. The Bertz CT molecular complexity index is 838. The first-order valence-corrected chi connectivity index (χ1v) is 10.7. The Balaban J connectivity index is 1.86. The molecule has 0 aromatic heterocycles. The topological polar surface area (TPSA) is 75.7 Å². The summed E-state index contributed by atoms with van der Waals surface area (Å²) in [5, 5.41) is 2.87. The minimum absolute atomic E-state index is 0.0839. The average molecular weight is 391 g/mol. The lowest BCUT2D eigenvalue weighted by atomic mass is 10.1. The fraction of sp³-hybridized carbons (Fsp3) is 0.350. The first kappa shape index (κ1) is 20.8. The van der Waals surface area contributed by atoms with Crippen molar-refractivity contribution in [2.75, 3.05) is 30.8 Å². The van der Waals surface area contributed by atoms with Crippen LogP contribution < -0.4 is 14.4 Å². The standard InChI is InChI=1S/C20H26N2O4S/c1-26-19-12-7-6-11-18(19)22(27(2,24)25)16-8-13-20(23)21-15-14-17-9-4-3-5-10-17/h3-7,9-12H,8,13-16H2,1-2H3,(H,21,23). The van der Waals surface area contributed by atoms with Gasteiger partial charge in [-0.2, -0.15) is 0 Å². The van der Waals surface area contributed by atoms with E-state index < -0.39 is 10.0 Å². The van der Waals surface area contributed by atoms with Crippen molar-refractivity contribution < 1.29 is 17.9 Å². The number of sulfonamides is 1. The van der Waals surface area contributed by atoms with E-state index in [0.29, 0.717) is 24.4 Å². The van der Waals surface area contributed by atoms with E-state index >= 15 is 0 Å². The molecule has 0 fully saturated rings. The second-order valence-electron chi connectivity index (χ2n) is 6.20. The van der Waals surface area contributed by atoms with E-state index in [1.807, 2.05) is 30.3 Å². The lowest BCUT2D eigenvalue weighted by Gasteiger charge is -2.24. The highest BCUT2D eigenvalue weighted by Gasteiger charge is 2.20. The molecule has 1 amide bonds. The van der Waals surface area contributed by atoms with Gasteiger partial charge in [0.15, 0.2) is 0 Å². The molecule has 0 bridgehead atoms. The molecule has 146 valence electrons. The molecule has 0 aliphatic rings. The van der Waals surface area contributed by atoms with Crippen molar-refractivity contribution in [2.45, 2.75) is 19.3 Å². The monoisotopic (exact) mass is 390 g/mol. The quantitative estimate of drug-likeness (QED) is 0.677. The summed E-state index contributed by atoms with van der Waals surface area (Å²) in [6.45, 7) is 0.774. The third kappa shape index (κ3) is 6.60. The largest absolute Gasteiger partial charge is 0.495 e. The summed E-state index contributed by atoms with van der Waals surface area (Å²) < 4.78 is 30.9. The van der Waals surface area contributed by atoms with Crippen molar-refractivity contribution >= 4 is 21.6 Å². The lowest BCUT2D eigenvalue weighted by molar-refractivity contribution is -0.121. The molecular weight excluding hydrogens is 364 g/mol.